The van der Waals surface area contributed by atoms with Gasteiger partial charge >= 0.3 is 0 Å². The number of hydrogen-bond acceptors (Lipinski definition) is 5. The van der Waals surface area contributed by atoms with Crippen LogP contribution in [0.3, 0.4) is 0 Å². The molecule has 2 aromatic rings. The van der Waals surface area contributed by atoms with Gasteiger partial charge in [0.15, 0.2) is 0 Å². The Labute approximate surface area is 115 Å². The smallest absolute Gasteiger partial charge is 0.251 e. The molecular weight excluding hydrogens is 262 g/mol. The third-order valence-electron chi connectivity index (χ3n) is 2.68. The van der Waals surface area contributed by atoms with Crippen LogP contribution in [-0.2, 0) is 6.54 Å². The van der Waals surface area contributed by atoms with Crippen LogP contribution in [0.4, 0.5) is 0 Å². The molecule has 6 heteroatoms. The third kappa shape index (κ3) is 3.35. The molecule has 0 fully saturated rings. The van der Waals surface area contributed by atoms with E-state index in [-0.39, 0.29) is 12.5 Å². The molecule has 19 heavy (non-hydrogen) atoms. The van der Waals surface area contributed by atoms with Gasteiger partial charge in [-0.25, -0.2) is 9.97 Å². The lowest BCUT2D eigenvalue weighted by Crippen LogP contribution is -2.23. The maximum atomic E-state index is 12.0. The highest BCUT2D eigenvalue weighted by atomic mass is 32.2. The van der Waals surface area contributed by atoms with Gasteiger partial charge in [-0.1, -0.05) is 0 Å². The summed E-state index contributed by atoms with van der Waals surface area (Å²) < 4.78 is 5.40. The lowest BCUT2D eigenvalue weighted by Gasteiger charge is -2.03. The molecule has 0 aliphatic rings. The van der Waals surface area contributed by atoms with Gasteiger partial charge in [0.05, 0.1) is 17.3 Å². The quantitative estimate of drug-likeness (QED) is 0.869. The molecule has 0 bridgehead atoms. The van der Waals surface area contributed by atoms with Crippen molar-refractivity contribution < 1.29 is 9.21 Å². The Morgan fingerprint density at radius 3 is 2.89 bits per heavy atom. The second kappa shape index (κ2) is 5.88. The van der Waals surface area contributed by atoms with Crippen molar-refractivity contribution in [3.05, 3.63) is 41.2 Å². The zero-order chi connectivity index (χ0) is 13.8. The third-order valence-corrected chi connectivity index (χ3v) is 3.32. The van der Waals surface area contributed by atoms with Crippen molar-refractivity contribution in [2.24, 2.45) is 0 Å². The van der Waals surface area contributed by atoms with Gasteiger partial charge in [0.25, 0.3) is 5.91 Å². The fraction of sp³-hybridized carbons (Fsp3) is 0.308. The normalized spacial score (nSPS) is 10.5. The highest BCUT2D eigenvalue weighted by Gasteiger charge is 2.09. The van der Waals surface area contributed by atoms with E-state index < -0.39 is 0 Å². The van der Waals surface area contributed by atoms with Gasteiger partial charge in [0, 0.05) is 11.8 Å². The van der Waals surface area contributed by atoms with E-state index in [0.29, 0.717) is 11.5 Å². The topological polar surface area (TPSA) is 68.0 Å². The monoisotopic (exact) mass is 277 g/mol. The Morgan fingerprint density at radius 2 is 2.26 bits per heavy atom. The van der Waals surface area contributed by atoms with Gasteiger partial charge in [-0.15, -0.1) is 11.8 Å². The molecule has 2 heterocycles. The number of hydrogen-bond donors (Lipinski definition) is 1. The molecule has 0 aliphatic heterocycles. The molecule has 0 saturated heterocycles. The fourth-order valence-electron chi connectivity index (χ4n) is 1.54. The summed E-state index contributed by atoms with van der Waals surface area (Å²) in [4.78, 5) is 20.3. The molecule has 0 aromatic carbocycles. The number of oxazole rings is 1. The van der Waals surface area contributed by atoms with Crippen LogP contribution in [0.5, 0.6) is 0 Å². The van der Waals surface area contributed by atoms with Crippen molar-refractivity contribution in [2.45, 2.75) is 25.4 Å². The van der Waals surface area contributed by atoms with Crippen LogP contribution in [0.15, 0.2) is 27.8 Å². The van der Waals surface area contributed by atoms with Crippen molar-refractivity contribution >= 4 is 17.7 Å². The van der Waals surface area contributed by atoms with Crippen LogP contribution < -0.4 is 5.32 Å². The van der Waals surface area contributed by atoms with Crippen LogP contribution in [0.2, 0.25) is 0 Å². The van der Waals surface area contributed by atoms with Gasteiger partial charge in [-0.2, -0.15) is 0 Å². The van der Waals surface area contributed by atoms with Crippen LogP contribution in [0.1, 0.15) is 27.7 Å². The number of carbonyl (C=O) groups excluding carboxylic acids is 1. The number of aromatic nitrogens is 2. The molecule has 2 rings (SSSR count). The molecule has 100 valence electrons. The highest BCUT2D eigenvalue weighted by Crippen LogP contribution is 2.13. The molecule has 1 amide bonds. The lowest BCUT2D eigenvalue weighted by atomic mass is 10.2. The molecule has 0 aliphatic carbocycles. The van der Waals surface area contributed by atoms with Gasteiger partial charge < -0.3 is 9.73 Å². The summed E-state index contributed by atoms with van der Waals surface area (Å²) in [6.45, 7) is 4.00. The van der Waals surface area contributed by atoms with Gasteiger partial charge in [-0.05, 0) is 32.2 Å². The Hall–Kier alpha value is -1.82. The molecule has 0 radical (unpaired) electrons. The van der Waals surface area contributed by atoms with Crippen LogP contribution in [-0.4, -0.2) is 22.1 Å². The van der Waals surface area contributed by atoms with E-state index in [2.05, 4.69) is 15.3 Å². The zero-order valence-corrected chi connectivity index (χ0v) is 11.9. The van der Waals surface area contributed by atoms with E-state index >= 15 is 0 Å². The molecule has 0 spiro atoms. The van der Waals surface area contributed by atoms with E-state index in [0.717, 1.165) is 16.5 Å². The van der Waals surface area contributed by atoms with E-state index in [1.54, 1.807) is 18.3 Å². The summed E-state index contributed by atoms with van der Waals surface area (Å²) in [5.41, 5.74) is 1.43. The predicted octanol–water partition coefficient (Wildman–Crippen LogP) is 2.34. The van der Waals surface area contributed by atoms with Crippen LogP contribution in [0, 0.1) is 13.8 Å². The average molecular weight is 277 g/mol. The van der Waals surface area contributed by atoms with Crippen molar-refractivity contribution in [1.82, 2.24) is 15.3 Å². The molecule has 2 aromatic heterocycles. The molecule has 5 nitrogen and oxygen atoms in total. The van der Waals surface area contributed by atoms with Crippen LogP contribution >= 0.6 is 11.8 Å². The van der Waals surface area contributed by atoms with Crippen molar-refractivity contribution in [1.29, 1.82) is 0 Å². The number of pyridine rings is 1. The first-order valence-corrected chi connectivity index (χ1v) is 7.03. The summed E-state index contributed by atoms with van der Waals surface area (Å²) in [6, 6.07) is 3.44. The van der Waals surface area contributed by atoms with Crippen molar-refractivity contribution in [3.63, 3.8) is 0 Å². The second-order valence-electron chi connectivity index (χ2n) is 4.02. The summed E-state index contributed by atoms with van der Waals surface area (Å²) in [5, 5.41) is 3.59. The Kier molecular flexibility index (Phi) is 4.21. The minimum atomic E-state index is -0.161. The summed E-state index contributed by atoms with van der Waals surface area (Å²) in [7, 11) is 0. The minimum absolute atomic E-state index is 0.161. The molecule has 1 N–H and O–H groups in total. The van der Waals surface area contributed by atoms with E-state index in [4.69, 9.17) is 4.42 Å². The number of rotatable bonds is 4. The van der Waals surface area contributed by atoms with Crippen molar-refractivity contribution in [3.8, 4) is 0 Å². The highest BCUT2D eigenvalue weighted by molar-refractivity contribution is 7.98. The minimum Gasteiger partial charge on any atom is -0.444 e. The van der Waals surface area contributed by atoms with Gasteiger partial charge in [0.1, 0.15) is 5.76 Å². The Bertz CT molecular complexity index is 576. The first kappa shape index (κ1) is 13.6. The Morgan fingerprint density at radius 1 is 1.47 bits per heavy atom. The number of amides is 1. The molecule has 0 unspecified atom stereocenters. The molecule has 0 saturated carbocycles. The first-order chi connectivity index (χ1) is 9.10. The van der Waals surface area contributed by atoms with Crippen LogP contribution in [0.25, 0.3) is 0 Å². The van der Waals surface area contributed by atoms with E-state index in [9.17, 15) is 4.79 Å². The number of nitrogens with zero attached hydrogens (tertiary/aromatic N) is 2. The number of aryl methyl sites for hydroxylation is 2. The second-order valence-corrected chi connectivity index (χ2v) is 4.85. The molecule has 0 atom stereocenters. The van der Waals surface area contributed by atoms with E-state index in [1.807, 2.05) is 20.1 Å². The maximum absolute atomic E-state index is 12.0. The molecular formula is C13H15N3O2S. The lowest BCUT2D eigenvalue weighted by molar-refractivity contribution is 0.0946. The number of thioether (sulfide) groups is 1. The maximum Gasteiger partial charge on any atom is 0.251 e. The standard InChI is InChI=1S/C13H15N3O2S/c1-8-9(2)18-11(16-8)7-15-13(17)10-4-5-14-12(6-10)19-3/h4-6H,7H2,1-3H3,(H,15,17). The summed E-state index contributed by atoms with van der Waals surface area (Å²) >= 11 is 1.50. The Balaban J connectivity index is 2.00. The predicted molar refractivity (Wildman–Crippen MR) is 73.2 cm³/mol. The zero-order valence-electron chi connectivity index (χ0n) is 11.1. The number of nitrogens with one attached hydrogen (secondary N) is 1. The first-order valence-electron chi connectivity index (χ1n) is 5.81. The van der Waals surface area contributed by atoms with Gasteiger partial charge in [-0.3, -0.25) is 4.79 Å². The average Bonchev–Trinajstić information content (AvgIpc) is 2.75. The number of carbonyl (C=O) groups is 1. The fourth-order valence-corrected chi connectivity index (χ4v) is 1.95. The largest absolute Gasteiger partial charge is 0.444 e. The van der Waals surface area contributed by atoms with E-state index in [1.165, 1.54) is 11.8 Å². The summed E-state index contributed by atoms with van der Waals surface area (Å²) in [6.07, 6.45) is 3.54. The SMILES string of the molecule is CSc1cc(C(=O)NCc2nc(C)c(C)o2)ccn1. The summed E-state index contributed by atoms with van der Waals surface area (Å²) in [5.74, 6) is 1.13. The van der Waals surface area contributed by atoms with Gasteiger partial charge in [0.2, 0.25) is 5.89 Å². The van der Waals surface area contributed by atoms with Crippen molar-refractivity contribution in [2.75, 3.05) is 6.26 Å².